The fraction of sp³-hybridized carbons (Fsp3) is 0.800. The number of piperidine rings is 2. The second kappa shape index (κ2) is 2.79. The Bertz CT molecular complexity index is 270. The average molecular weight is 194 g/mol. The Morgan fingerprint density at radius 1 is 1.14 bits per heavy atom. The minimum absolute atomic E-state index is 0.0891. The number of hydrogen-bond donors (Lipinski definition) is 1. The molecule has 3 saturated heterocycles. The van der Waals surface area contributed by atoms with Crippen LogP contribution in [-0.2, 0) is 9.59 Å². The van der Waals surface area contributed by atoms with Crippen LogP contribution in [0.5, 0.6) is 0 Å². The monoisotopic (exact) mass is 194 g/mol. The summed E-state index contributed by atoms with van der Waals surface area (Å²) in [5.74, 6) is 0.508. The molecular formula is C10H14N2O2. The molecule has 1 N–H and O–H groups in total. The lowest BCUT2D eigenvalue weighted by Crippen LogP contribution is -2.60. The van der Waals surface area contributed by atoms with Gasteiger partial charge in [0, 0.05) is 18.4 Å². The third kappa shape index (κ3) is 0.974. The number of rotatable bonds is 1. The molecule has 1 unspecified atom stereocenters. The van der Waals surface area contributed by atoms with E-state index in [1.165, 1.54) is 0 Å². The van der Waals surface area contributed by atoms with Crippen LogP contribution < -0.4 is 5.32 Å². The smallest absolute Gasteiger partial charge is 0.232 e. The maximum absolute atomic E-state index is 11.8. The van der Waals surface area contributed by atoms with Crippen molar-refractivity contribution in [2.24, 2.45) is 11.8 Å². The molecule has 2 amide bonds. The van der Waals surface area contributed by atoms with Crippen molar-refractivity contribution >= 4 is 11.8 Å². The molecule has 0 aromatic heterocycles. The number of nitrogens with one attached hydrogen (secondary N) is 1. The lowest BCUT2D eigenvalue weighted by molar-refractivity contribution is -0.167. The van der Waals surface area contributed by atoms with Crippen molar-refractivity contribution in [1.82, 2.24) is 10.2 Å². The molecule has 14 heavy (non-hydrogen) atoms. The Labute approximate surface area is 82.6 Å². The maximum atomic E-state index is 11.8. The largest absolute Gasteiger partial charge is 0.315 e. The molecule has 1 atom stereocenters. The molecule has 0 spiro atoms. The Morgan fingerprint density at radius 3 is 2.29 bits per heavy atom. The SMILES string of the molecule is O=C1C2CC(C2)C(=O)N1C1CCNC1. The number of imide groups is 1. The molecule has 3 aliphatic heterocycles. The summed E-state index contributed by atoms with van der Waals surface area (Å²) in [5.41, 5.74) is 0. The molecule has 4 fully saturated rings. The molecule has 4 heteroatoms. The highest BCUT2D eigenvalue weighted by atomic mass is 16.2. The van der Waals surface area contributed by atoms with Crippen LogP contribution >= 0.6 is 0 Å². The molecule has 4 nitrogen and oxygen atoms in total. The Balaban J connectivity index is 1.83. The van der Waals surface area contributed by atoms with Gasteiger partial charge in [-0.25, -0.2) is 0 Å². The van der Waals surface area contributed by atoms with E-state index in [1.54, 1.807) is 4.90 Å². The van der Waals surface area contributed by atoms with E-state index in [0.717, 1.165) is 32.4 Å². The molecule has 1 saturated carbocycles. The van der Waals surface area contributed by atoms with Crippen molar-refractivity contribution in [3.63, 3.8) is 0 Å². The predicted octanol–water partition coefficient (Wildman–Crippen LogP) is -0.257. The average Bonchev–Trinajstić information content (AvgIpc) is 2.53. The van der Waals surface area contributed by atoms with Crippen molar-refractivity contribution in [2.75, 3.05) is 13.1 Å². The normalized spacial score (nSPS) is 41.4. The van der Waals surface area contributed by atoms with Crippen LogP contribution in [0.4, 0.5) is 0 Å². The molecule has 4 rings (SSSR count). The van der Waals surface area contributed by atoms with Crippen LogP contribution in [0, 0.1) is 11.8 Å². The van der Waals surface area contributed by atoms with Crippen molar-refractivity contribution in [3.05, 3.63) is 0 Å². The van der Waals surface area contributed by atoms with Crippen LogP contribution in [0.15, 0.2) is 0 Å². The third-order valence-corrected chi connectivity index (χ3v) is 3.71. The summed E-state index contributed by atoms with van der Waals surface area (Å²) in [6.07, 6.45) is 2.56. The number of hydrogen-bond acceptors (Lipinski definition) is 3. The van der Waals surface area contributed by atoms with E-state index in [2.05, 4.69) is 5.32 Å². The van der Waals surface area contributed by atoms with Crippen molar-refractivity contribution in [1.29, 1.82) is 0 Å². The number of carbonyl (C=O) groups excluding carboxylic acids is 2. The number of carbonyl (C=O) groups is 2. The highest BCUT2D eigenvalue weighted by Crippen LogP contribution is 2.42. The number of amides is 2. The van der Waals surface area contributed by atoms with Gasteiger partial charge in [0.15, 0.2) is 0 Å². The van der Waals surface area contributed by atoms with Crippen LogP contribution in [0.25, 0.3) is 0 Å². The van der Waals surface area contributed by atoms with Crippen LogP contribution in [0.3, 0.4) is 0 Å². The topological polar surface area (TPSA) is 49.4 Å². The molecule has 2 bridgehead atoms. The first-order valence-electron chi connectivity index (χ1n) is 5.35. The number of nitrogens with zero attached hydrogens (tertiary/aromatic N) is 1. The third-order valence-electron chi connectivity index (χ3n) is 3.71. The highest BCUT2D eigenvalue weighted by Gasteiger charge is 2.51. The summed E-state index contributed by atoms with van der Waals surface area (Å²) >= 11 is 0. The summed E-state index contributed by atoms with van der Waals surface area (Å²) in [7, 11) is 0. The summed E-state index contributed by atoms with van der Waals surface area (Å²) in [4.78, 5) is 25.2. The van der Waals surface area contributed by atoms with Crippen LogP contribution in [0.2, 0.25) is 0 Å². The van der Waals surface area contributed by atoms with E-state index in [0.29, 0.717) is 0 Å². The van der Waals surface area contributed by atoms with Crippen LogP contribution in [0.1, 0.15) is 19.3 Å². The first-order chi connectivity index (χ1) is 6.77. The summed E-state index contributed by atoms with van der Waals surface area (Å²) in [6, 6.07) is 0.139. The van der Waals surface area contributed by atoms with Gasteiger partial charge in [-0.1, -0.05) is 0 Å². The molecule has 0 aromatic rings. The lowest BCUT2D eigenvalue weighted by atomic mass is 9.69. The van der Waals surface area contributed by atoms with Crippen molar-refractivity contribution in [2.45, 2.75) is 25.3 Å². The molecule has 0 aromatic carbocycles. The molecule has 76 valence electrons. The van der Waals surface area contributed by atoms with Gasteiger partial charge >= 0.3 is 0 Å². The second-order valence-corrected chi connectivity index (χ2v) is 4.56. The summed E-state index contributed by atoms with van der Waals surface area (Å²) in [6.45, 7) is 1.72. The van der Waals surface area contributed by atoms with E-state index < -0.39 is 0 Å². The van der Waals surface area contributed by atoms with Gasteiger partial charge in [0.2, 0.25) is 11.8 Å². The molecule has 4 aliphatic rings. The fourth-order valence-corrected chi connectivity index (χ4v) is 2.74. The number of fused-ring (bicyclic) bond motifs is 2. The zero-order valence-corrected chi connectivity index (χ0v) is 8.03. The van der Waals surface area contributed by atoms with Gasteiger partial charge in [-0.05, 0) is 25.8 Å². The molecule has 1 aliphatic carbocycles. The molecule has 3 heterocycles. The van der Waals surface area contributed by atoms with Gasteiger partial charge < -0.3 is 5.32 Å². The maximum Gasteiger partial charge on any atom is 0.232 e. The predicted molar refractivity (Wildman–Crippen MR) is 49.3 cm³/mol. The lowest BCUT2D eigenvalue weighted by Gasteiger charge is -2.46. The minimum atomic E-state index is 0.0891. The van der Waals surface area contributed by atoms with Gasteiger partial charge in [0.1, 0.15) is 0 Å². The van der Waals surface area contributed by atoms with E-state index >= 15 is 0 Å². The second-order valence-electron chi connectivity index (χ2n) is 4.56. The highest BCUT2D eigenvalue weighted by molar-refractivity contribution is 6.03. The van der Waals surface area contributed by atoms with E-state index in [9.17, 15) is 9.59 Å². The Morgan fingerprint density at radius 2 is 1.79 bits per heavy atom. The first kappa shape index (κ1) is 8.41. The fourth-order valence-electron chi connectivity index (χ4n) is 2.74. The summed E-state index contributed by atoms with van der Waals surface area (Å²) < 4.78 is 0. The van der Waals surface area contributed by atoms with Gasteiger partial charge in [-0.3, -0.25) is 14.5 Å². The van der Waals surface area contributed by atoms with Gasteiger partial charge in [0.25, 0.3) is 0 Å². The Kier molecular flexibility index (Phi) is 1.68. The Hall–Kier alpha value is -0.900. The van der Waals surface area contributed by atoms with Crippen molar-refractivity contribution in [3.8, 4) is 0 Å². The van der Waals surface area contributed by atoms with E-state index in [1.807, 2.05) is 0 Å². The van der Waals surface area contributed by atoms with Gasteiger partial charge in [0.05, 0.1) is 6.04 Å². The minimum Gasteiger partial charge on any atom is -0.315 e. The van der Waals surface area contributed by atoms with Crippen molar-refractivity contribution < 1.29 is 9.59 Å². The molecule has 0 radical (unpaired) electrons. The first-order valence-corrected chi connectivity index (χ1v) is 5.35. The summed E-state index contributed by atoms with van der Waals surface area (Å²) in [5, 5.41) is 3.19. The van der Waals surface area contributed by atoms with Gasteiger partial charge in [-0.2, -0.15) is 0 Å². The van der Waals surface area contributed by atoms with Crippen LogP contribution in [-0.4, -0.2) is 35.8 Å². The zero-order chi connectivity index (χ0) is 9.71. The molecular weight excluding hydrogens is 180 g/mol. The standard InChI is InChI=1S/C10H14N2O2/c13-9-6-3-7(4-6)10(14)12(9)8-1-2-11-5-8/h6-8,11H,1-5H2. The zero-order valence-electron chi connectivity index (χ0n) is 8.03. The van der Waals surface area contributed by atoms with E-state index in [-0.39, 0.29) is 29.7 Å². The quantitative estimate of drug-likeness (QED) is 0.585. The van der Waals surface area contributed by atoms with E-state index in [4.69, 9.17) is 0 Å². The van der Waals surface area contributed by atoms with Gasteiger partial charge in [-0.15, -0.1) is 0 Å².